The Morgan fingerprint density at radius 1 is 1.32 bits per heavy atom. The molecule has 0 amide bonds. The molecule has 22 heavy (non-hydrogen) atoms. The van der Waals surface area contributed by atoms with Crippen LogP contribution < -0.4 is 9.46 Å². The molecule has 1 rings (SSSR count). The Kier molecular flexibility index (Phi) is 8.11. The van der Waals surface area contributed by atoms with Gasteiger partial charge in [0.05, 0.1) is 6.61 Å². The summed E-state index contributed by atoms with van der Waals surface area (Å²) in [7, 11) is -2.10. The van der Waals surface area contributed by atoms with Crippen molar-refractivity contribution in [1.29, 1.82) is 0 Å². The summed E-state index contributed by atoms with van der Waals surface area (Å²) < 4.78 is 37.4. The normalized spacial score (nSPS) is 11.6. The molecule has 0 aromatic heterocycles. The second-order valence-electron chi connectivity index (χ2n) is 5.05. The Morgan fingerprint density at radius 3 is 2.59 bits per heavy atom. The van der Waals surface area contributed by atoms with E-state index in [0.717, 1.165) is 37.2 Å². The summed E-state index contributed by atoms with van der Waals surface area (Å²) in [5, 5.41) is 0. The van der Waals surface area contributed by atoms with Crippen molar-refractivity contribution in [2.24, 2.45) is 0 Å². The van der Waals surface area contributed by atoms with Crippen LogP contribution in [0, 0.1) is 0 Å². The minimum atomic E-state index is -4.16. The second-order valence-corrected chi connectivity index (χ2v) is 6.29. The third-order valence-corrected chi connectivity index (χ3v) is 3.53. The fraction of sp³-hybridized carbons (Fsp3) is 0.467. The zero-order valence-corrected chi connectivity index (χ0v) is 13.7. The first-order valence-electron chi connectivity index (χ1n) is 7.14. The van der Waals surface area contributed by atoms with Gasteiger partial charge >= 0.3 is 10.3 Å². The molecule has 0 aliphatic carbocycles. The number of hydrogen-bond donors (Lipinski definition) is 2. The molecule has 0 unspecified atom stereocenters. The van der Waals surface area contributed by atoms with Crippen LogP contribution in [0.1, 0.15) is 18.4 Å². The molecule has 6 nitrogen and oxygen atoms in total. The molecule has 1 aromatic carbocycles. The van der Waals surface area contributed by atoms with Crippen LogP contribution in [0.25, 0.3) is 0 Å². The molecule has 7 heteroatoms. The van der Waals surface area contributed by atoms with Crippen LogP contribution in [-0.2, 0) is 16.8 Å². The van der Waals surface area contributed by atoms with Crippen LogP contribution in [0.2, 0.25) is 0 Å². The average Bonchev–Trinajstić information content (AvgIpc) is 2.45. The van der Waals surface area contributed by atoms with Crippen molar-refractivity contribution in [2.45, 2.75) is 19.4 Å². The molecular weight excluding hydrogens is 304 g/mol. The molecule has 0 fully saturated rings. The van der Waals surface area contributed by atoms with Crippen molar-refractivity contribution < 1.29 is 17.7 Å². The number of ether oxygens (including phenoxy) is 1. The lowest BCUT2D eigenvalue weighted by atomic mass is 10.2. The summed E-state index contributed by atoms with van der Waals surface area (Å²) in [5.74, 6) is 0.745. The quantitative estimate of drug-likeness (QED) is 0.368. The van der Waals surface area contributed by atoms with Gasteiger partial charge in [0.2, 0.25) is 0 Å². The molecule has 0 spiro atoms. The van der Waals surface area contributed by atoms with E-state index in [2.05, 4.69) is 18.5 Å². The van der Waals surface area contributed by atoms with E-state index in [1.54, 1.807) is 24.3 Å². The highest BCUT2D eigenvalue weighted by molar-refractivity contribution is 7.83. The monoisotopic (exact) mass is 328 g/mol. The Morgan fingerprint density at radius 2 is 2.00 bits per heavy atom. The summed E-state index contributed by atoms with van der Waals surface area (Å²) in [6.45, 7) is 6.29. The van der Waals surface area contributed by atoms with Crippen molar-refractivity contribution in [1.82, 2.24) is 9.62 Å². The van der Waals surface area contributed by atoms with Gasteiger partial charge in [0.15, 0.2) is 0 Å². The lowest BCUT2D eigenvalue weighted by molar-refractivity contribution is 0.287. The first-order chi connectivity index (χ1) is 10.4. The van der Waals surface area contributed by atoms with Gasteiger partial charge in [-0.3, -0.25) is 4.55 Å². The topological polar surface area (TPSA) is 78.9 Å². The van der Waals surface area contributed by atoms with Crippen molar-refractivity contribution in [3.05, 3.63) is 42.5 Å². The van der Waals surface area contributed by atoms with E-state index in [1.165, 1.54) is 0 Å². The van der Waals surface area contributed by atoms with E-state index in [4.69, 9.17) is 9.29 Å². The third-order valence-electron chi connectivity index (χ3n) is 3.03. The first kappa shape index (κ1) is 18.6. The van der Waals surface area contributed by atoms with Crippen LogP contribution in [0.4, 0.5) is 0 Å². The maximum atomic E-state index is 10.6. The molecule has 2 N–H and O–H groups in total. The third kappa shape index (κ3) is 8.78. The summed E-state index contributed by atoms with van der Waals surface area (Å²) in [6.07, 6.45) is 3.91. The fourth-order valence-corrected chi connectivity index (χ4v) is 2.21. The van der Waals surface area contributed by atoms with Crippen molar-refractivity contribution in [3.8, 4) is 5.75 Å². The Bertz CT molecular complexity index is 543. The molecular formula is C15H24N2O4S. The molecule has 1 aromatic rings. The molecule has 0 aliphatic rings. The summed E-state index contributed by atoms with van der Waals surface area (Å²) in [6, 6.07) is 7.08. The predicted molar refractivity (Wildman–Crippen MR) is 87.3 cm³/mol. The average molecular weight is 328 g/mol. The molecule has 0 atom stereocenters. The van der Waals surface area contributed by atoms with Crippen LogP contribution in [0.3, 0.4) is 0 Å². The number of nitrogens with zero attached hydrogens (tertiary/aromatic N) is 1. The van der Waals surface area contributed by atoms with Gasteiger partial charge in [-0.1, -0.05) is 18.2 Å². The van der Waals surface area contributed by atoms with Gasteiger partial charge in [0.1, 0.15) is 5.75 Å². The van der Waals surface area contributed by atoms with Crippen LogP contribution in [0.15, 0.2) is 36.9 Å². The summed E-state index contributed by atoms with van der Waals surface area (Å²) in [5.41, 5.74) is 0.746. The van der Waals surface area contributed by atoms with Gasteiger partial charge in [-0.15, -0.1) is 6.58 Å². The predicted octanol–water partition coefficient (Wildman–Crippen LogP) is 1.86. The highest BCUT2D eigenvalue weighted by atomic mass is 32.2. The standard InChI is InChI=1S/C15H24N2O4S/c1-3-10-17(2)11-4-5-12-21-15-8-6-14(7-9-15)13-16-22(18,19)20/h3,6-9,16H,1,4-5,10-13H2,2H3,(H,18,19,20). The lowest BCUT2D eigenvalue weighted by Crippen LogP contribution is -2.21. The van der Waals surface area contributed by atoms with Crippen molar-refractivity contribution in [2.75, 3.05) is 26.7 Å². The molecule has 0 radical (unpaired) electrons. The second kappa shape index (κ2) is 9.58. The van der Waals surface area contributed by atoms with Gasteiger partial charge in [-0.25, -0.2) is 0 Å². The highest BCUT2D eigenvalue weighted by Crippen LogP contribution is 2.12. The van der Waals surface area contributed by atoms with Crippen LogP contribution >= 0.6 is 0 Å². The van der Waals surface area contributed by atoms with Gasteiger partial charge in [-0.2, -0.15) is 13.1 Å². The van der Waals surface area contributed by atoms with Crippen molar-refractivity contribution in [3.63, 3.8) is 0 Å². The van der Waals surface area contributed by atoms with Gasteiger partial charge < -0.3 is 9.64 Å². The number of unbranched alkanes of at least 4 members (excludes halogenated alkanes) is 1. The minimum absolute atomic E-state index is 0.0503. The number of benzene rings is 1. The molecule has 124 valence electrons. The van der Waals surface area contributed by atoms with Gasteiger partial charge in [-0.05, 0) is 44.1 Å². The lowest BCUT2D eigenvalue weighted by Gasteiger charge is -2.13. The molecule has 0 saturated heterocycles. The molecule has 0 bridgehead atoms. The number of rotatable bonds is 11. The number of likely N-dealkylation sites (N-methyl/N-ethyl adjacent to an activating group) is 1. The maximum Gasteiger partial charge on any atom is 0.333 e. The number of nitrogens with one attached hydrogen (secondary N) is 1. The zero-order chi connectivity index (χ0) is 16.4. The maximum absolute atomic E-state index is 10.6. The van der Waals surface area contributed by atoms with E-state index in [1.807, 2.05) is 10.8 Å². The SMILES string of the molecule is C=CCN(C)CCCCOc1ccc(CNS(=O)(=O)O)cc1. The molecule has 0 aliphatic heterocycles. The zero-order valence-electron chi connectivity index (χ0n) is 12.9. The Labute approximate surface area is 132 Å². The summed E-state index contributed by atoms with van der Waals surface area (Å²) in [4.78, 5) is 2.20. The number of hydrogen-bond acceptors (Lipinski definition) is 4. The van der Waals surface area contributed by atoms with E-state index >= 15 is 0 Å². The smallest absolute Gasteiger partial charge is 0.333 e. The minimum Gasteiger partial charge on any atom is -0.494 e. The Hall–Kier alpha value is -1.41. The van der Waals surface area contributed by atoms with E-state index in [0.29, 0.717) is 6.61 Å². The Balaban J connectivity index is 2.23. The first-order valence-corrected chi connectivity index (χ1v) is 8.58. The van der Waals surface area contributed by atoms with Gasteiger partial charge in [0, 0.05) is 13.1 Å². The van der Waals surface area contributed by atoms with Crippen LogP contribution in [-0.4, -0.2) is 44.6 Å². The van der Waals surface area contributed by atoms with Crippen LogP contribution in [0.5, 0.6) is 5.75 Å². The van der Waals surface area contributed by atoms with Crippen molar-refractivity contribution >= 4 is 10.3 Å². The highest BCUT2D eigenvalue weighted by Gasteiger charge is 2.03. The largest absolute Gasteiger partial charge is 0.494 e. The van der Waals surface area contributed by atoms with E-state index in [9.17, 15) is 8.42 Å². The van der Waals surface area contributed by atoms with E-state index in [-0.39, 0.29) is 6.54 Å². The van der Waals surface area contributed by atoms with E-state index < -0.39 is 10.3 Å². The van der Waals surface area contributed by atoms with Gasteiger partial charge in [0.25, 0.3) is 0 Å². The molecule has 0 heterocycles. The summed E-state index contributed by atoms with van der Waals surface area (Å²) >= 11 is 0. The fourth-order valence-electron chi connectivity index (χ4n) is 1.86. The molecule has 0 saturated carbocycles.